The molecule has 0 radical (unpaired) electrons. The molecule has 0 spiro atoms. The van der Waals surface area contributed by atoms with Crippen LogP contribution in [0.2, 0.25) is 0 Å². The topological polar surface area (TPSA) is 44.1 Å². The van der Waals surface area contributed by atoms with Crippen molar-refractivity contribution in [3.8, 4) is 11.3 Å². The summed E-state index contributed by atoms with van der Waals surface area (Å²) in [5.74, 6) is -0.390. The van der Waals surface area contributed by atoms with Crippen LogP contribution in [0.4, 0.5) is 0 Å². The van der Waals surface area contributed by atoms with E-state index in [1.165, 1.54) is 0 Å². The summed E-state index contributed by atoms with van der Waals surface area (Å²) < 4.78 is 7.92. The van der Waals surface area contributed by atoms with Crippen molar-refractivity contribution in [2.45, 2.75) is 33.2 Å². The molecular formula is C16H19BrN2O2. The van der Waals surface area contributed by atoms with E-state index in [4.69, 9.17) is 4.74 Å². The average molecular weight is 351 g/mol. The van der Waals surface area contributed by atoms with Gasteiger partial charge in [0.1, 0.15) is 0 Å². The molecule has 0 saturated carbocycles. The fourth-order valence-electron chi connectivity index (χ4n) is 2.02. The SMILES string of the molecule is CCOC(=O)c1cc(-c2ccc(Br)cc2)n(C(C)(C)C)n1. The lowest BCUT2D eigenvalue weighted by Gasteiger charge is -2.22. The van der Waals surface area contributed by atoms with E-state index in [0.29, 0.717) is 12.3 Å². The van der Waals surface area contributed by atoms with Gasteiger partial charge in [0.2, 0.25) is 0 Å². The second-order valence-electron chi connectivity index (χ2n) is 5.72. The van der Waals surface area contributed by atoms with Crippen LogP contribution in [0.15, 0.2) is 34.8 Å². The van der Waals surface area contributed by atoms with Gasteiger partial charge in [0.05, 0.1) is 17.8 Å². The summed E-state index contributed by atoms with van der Waals surface area (Å²) in [6, 6.07) is 9.72. The molecule has 0 aliphatic heterocycles. The standard InChI is InChI=1S/C16H19BrN2O2/c1-5-21-15(20)13-10-14(19(18-13)16(2,3)4)11-6-8-12(17)9-7-11/h6-10H,5H2,1-4H3. The highest BCUT2D eigenvalue weighted by Crippen LogP contribution is 2.28. The molecular weight excluding hydrogens is 332 g/mol. The number of carbonyl (C=O) groups is 1. The minimum atomic E-state index is -0.390. The van der Waals surface area contributed by atoms with Crippen molar-refractivity contribution in [3.63, 3.8) is 0 Å². The monoisotopic (exact) mass is 350 g/mol. The fourth-order valence-corrected chi connectivity index (χ4v) is 2.29. The summed E-state index contributed by atoms with van der Waals surface area (Å²) in [7, 11) is 0. The van der Waals surface area contributed by atoms with Gasteiger partial charge in [0, 0.05) is 4.47 Å². The Balaban J connectivity index is 2.52. The van der Waals surface area contributed by atoms with Crippen molar-refractivity contribution in [2.75, 3.05) is 6.61 Å². The molecule has 1 aromatic carbocycles. The molecule has 0 atom stereocenters. The Morgan fingerprint density at radius 3 is 2.43 bits per heavy atom. The maximum absolute atomic E-state index is 11.9. The van der Waals surface area contributed by atoms with E-state index in [1.807, 2.05) is 28.9 Å². The van der Waals surface area contributed by atoms with Gasteiger partial charge < -0.3 is 4.74 Å². The number of hydrogen-bond donors (Lipinski definition) is 0. The Bertz CT molecular complexity index is 639. The Kier molecular flexibility index (Phi) is 4.52. The van der Waals surface area contributed by atoms with E-state index < -0.39 is 0 Å². The predicted molar refractivity (Wildman–Crippen MR) is 86.3 cm³/mol. The first-order valence-electron chi connectivity index (χ1n) is 6.86. The van der Waals surface area contributed by atoms with Crippen molar-refractivity contribution < 1.29 is 9.53 Å². The minimum Gasteiger partial charge on any atom is -0.461 e. The highest BCUT2D eigenvalue weighted by Gasteiger charge is 2.23. The van der Waals surface area contributed by atoms with Crippen molar-refractivity contribution in [2.24, 2.45) is 0 Å². The highest BCUT2D eigenvalue weighted by atomic mass is 79.9. The third-order valence-electron chi connectivity index (χ3n) is 2.97. The summed E-state index contributed by atoms with van der Waals surface area (Å²) >= 11 is 3.43. The summed E-state index contributed by atoms with van der Waals surface area (Å²) in [6.45, 7) is 8.29. The number of aromatic nitrogens is 2. The normalized spacial score (nSPS) is 11.5. The molecule has 0 aliphatic rings. The van der Waals surface area contributed by atoms with E-state index in [2.05, 4.69) is 41.8 Å². The third-order valence-corrected chi connectivity index (χ3v) is 3.50. The van der Waals surface area contributed by atoms with Crippen LogP contribution in [-0.4, -0.2) is 22.4 Å². The number of benzene rings is 1. The lowest BCUT2D eigenvalue weighted by molar-refractivity contribution is 0.0517. The van der Waals surface area contributed by atoms with Crippen LogP contribution in [-0.2, 0) is 10.3 Å². The zero-order chi connectivity index (χ0) is 15.6. The fraction of sp³-hybridized carbons (Fsp3) is 0.375. The second-order valence-corrected chi connectivity index (χ2v) is 6.64. The summed E-state index contributed by atoms with van der Waals surface area (Å²) in [5, 5.41) is 4.43. The smallest absolute Gasteiger partial charge is 0.358 e. The average Bonchev–Trinajstić information content (AvgIpc) is 2.85. The predicted octanol–water partition coefficient (Wildman–Crippen LogP) is 4.24. The lowest BCUT2D eigenvalue weighted by atomic mass is 10.1. The van der Waals surface area contributed by atoms with Crippen LogP contribution in [0.5, 0.6) is 0 Å². The highest BCUT2D eigenvalue weighted by molar-refractivity contribution is 9.10. The molecule has 0 aliphatic carbocycles. The van der Waals surface area contributed by atoms with E-state index in [0.717, 1.165) is 15.7 Å². The van der Waals surface area contributed by atoms with Gasteiger partial charge in [-0.05, 0) is 51.5 Å². The maximum Gasteiger partial charge on any atom is 0.358 e. The molecule has 4 nitrogen and oxygen atoms in total. The number of ether oxygens (including phenoxy) is 1. The Morgan fingerprint density at radius 2 is 1.90 bits per heavy atom. The van der Waals surface area contributed by atoms with Gasteiger partial charge in [-0.2, -0.15) is 5.10 Å². The van der Waals surface area contributed by atoms with Gasteiger partial charge >= 0.3 is 5.97 Å². The summed E-state index contributed by atoms with van der Waals surface area (Å²) in [4.78, 5) is 11.9. The van der Waals surface area contributed by atoms with Crippen molar-refractivity contribution in [1.82, 2.24) is 9.78 Å². The molecule has 2 aromatic rings. The first-order chi connectivity index (χ1) is 9.82. The van der Waals surface area contributed by atoms with Gasteiger partial charge in [0.25, 0.3) is 0 Å². The number of nitrogens with zero attached hydrogens (tertiary/aromatic N) is 2. The number of esters is 1. The molecule has 1 aromatic heterocycles. The number of carbonyl (C=O) groups excluding carboxylic acids is 1. The van der Waals surface area contributed by atoms with Crippen LogP contribution >= 0.6 is 15.9 Å². The largest absolute Gasteiger partial charge is 0.461 e. The molecule has 21 heavy (non-hydrogen) atoms. The quantitative estimate of drug-likeness (QED) is 0.777. The van der Waals surface area contributed by atoms with E-state index in [9.17, 15) is 4.79 Å². The minimum absolute atomic E-state index is 0.229. The van der Waals surface area contributed by atoms with Crippen LogP contribution in [0.3, 0.4) is 0 Å². The number of rotatable bonds is 3. The molecule has 1 heterocycles. The van der Waals surface area contributed by atoms with Crippen molar-refractivity contribution in [1.29, 1.82) is 0 Å². The Hall–Kier alpha value is -1.62. The molecule has 5 heteroatoms. The second kappa shape index (κ2) is 6.02. The maximum atomic E-state index is 11.9. The molecule has 0 N–H and O–H groups in total. The molecule has 0 amide bonds. The van der Waals surface area contributed by atoms with Gasteiger partial charge in [-0.3, -0.25) is 4.68 Å². The Labute approximate surface area is 133 Å². The van der Waals surface area contributed by atoms with Crippen molar-refractivity contribution in [3.05, 3.63) is 40.5 Å². The van der Waals surface area contributed by atoms with Crippen LogP contribution in [0.25, 0.3) is 11.3 Å². The molecule has 2 rings (SSSR count). The molecule has 0 fully saturated rings. The van der Waals surface area contributed by atoms with Gasteiger partial charge in [-0.1, -0.05) is 28.1 Å². The summed E-state index contributed by atoms with van der Waals surface area (Å²) in [6.07, 6.45) is 0. The van der Waals surface area contributed by atoms with Gasteiger partial charge in [0.15, 0.2) is 5.69 Å². The van der Waals surface area contributed by atoms with Crippen LogP contribution in [0, 0.1) is 0 Å². The molecule has 0 unspecified atom stereocenters. The molecule has 0 bridgehead atoms. The molecule has 0 saturated heterocycles. The van der Waals surface area contributed by atoms with E-state index in [-0.39, 0.29) is 11.5 Å². The van der Waals surface area contributed by atoms with Crippen LogP contribution in [0.1, 0.15) is 38.2 Å². The zero-order valence-corrected chi connectivity index (χ0v) is 14.3. The molecule has 112 valence electrons. The summed E-state index contributed by atoms with van der Waals surface area (Å²) in [5.41, 5.74) is 2.02. The first kappa shape index (κ1) is 15.8. The lowest BCUT2D eigenvalue weighted by Crippen LogP contribution is -2.24. The number of halogens is 1. The zero-order valence-electron chi connectivity index (χ0n) is 12.7. The van der Waals surface area contributed by atoms with Gasteiger partial charge in [-0.15, -0.1) is 0 Å². The first-order valence-corrected chi connectivity index (χ1v) is 7.66. The number of hydrogen-bond acceptors (Lipinski definition) is 3. The van der Waals surface area contributed by atoms with E-state index >= 15 is 0 Å². The van der Waals surface area contributed by atoms with E-state index in [1.54, 1.807) is 13.0 Å². The van der Waals surface area contributed by atoms with Crippen molar-refractivity contribution >= 4 is 21.9 Å². The third kappa shape index (κ3) is 3.53. The van der Waals surface area contributed by atoms with Gasteiger partial charge in [-0.25, -0.2) is 4.79 Å². The Morgan fingerprint density at radius 1 is 1.29 bits per heavy atom. The van der Waals surface area contributed by atoms with Crippen LogP contribution < -0.4 is 0 Å².